The molecule has 2 aromatic rings. The minimum Gasteiger partial charge on any atom is -0.495 e. The van der Waals surface area contributed by atoms with Crippen molar-refractivity contribution in [3.05, 3.63) is 59.2 Å². The van der Waals surface area contributed by atoms with Gasteiger partial charge in [0.2, 0.25) is 0 Å². The van der Waals surface area contributed by atoms with Gasteiger partial charge in [0.25, 0.3) is 0 Å². The molecule has 0 saturated carbocycles. The van der Waals surface area contributed by atoms with Crippen LogP contribution in [0.3, 0.4) is 0 Å². The molecular formula is C17H22N2O. The Labute approximate surface area is 120 Å². The molecule has 106 valence electrons. The molecule has 0 fully saturated rings. The summed E-state index contributed by atoms with van der Waals surface area (Å²) in [5, 5.41) is 3.47. The smallest absolute Gasteiger partial charge is 0.141 e. The van der Waals surface area contributed by atoms with Crippen LogP contribution in [0.2, 0.25) is 0 Å². The highest BCUT2D eigenvalue weighted by molar-refractivity contribution is 5.59. The molecule has 0 aliphatic heterocycles. The van der Waals surface area contributed by atoms with Gasteiger partial charge in [0.15, 0.2) is 0 Å². The Balaban J connectivity index is 2.26. The summed E-state index contributed by atoms with van der Waals surface area (Å²) in [6.45, 7) is 4.67. The molecule has 3 nitrogen and oxygen atoms in total. The SMILES string of the molecule is COc1ccc(C)cc1NC(CN)c1ccc(C)cc1. The summed E-state index contributed by atoms with van der Waals surface area (Å²) in [5.74, 6) is 0.834. The van der Waals surface area contributed by atoms with Crippen LogP contribution in [0.5, 0.6) is 5.75 Å². The summed E-state index contributed by atoms with van der Waals surface area (Å²) in [5.41, 5.74) is 10.5. The van der Waals surface area contributed by atoms with E-state index in [0.29, 0.717) is 6.54 Å². The Morgan fingerprint density at radius 3 is 2.30 bits per heavy atom. The molecule has 0 amide bonds. The number of hydrogen-bond acceptors (Lipinski definition) is 3. The van der Waals surface area contributed by atoms with Crippen LogP contribution in [0.15, 0.2) is 42.5 Å². The number of nitrogens with two attached hydrogens (primary N) is 1. The van der Waals surface area contributed by atoms with E-state index in [-0.39, 0.29) is 6.04 Å². The van der Waals surface area contributed by atoms with E-state index in [1.54, 1.807) is 7.11 Å². The maximum absolute atomic E-state index is 5.92. The van der Waals surface area contributed by atoms with Crippen molar-refractivity contribution in [3.63, 3.8) is 0 Å². The van der Waals surface area contributed by atoms with Gasteiger partial charge in [0.05, 0.1) is 18.8 Å². The third kappa shape index (κ3) is 3.31. The molecule has 2 rings (SSSR count). The van der Waals surface area contributed by atoms with Gasteiger partial charge in [0, 0.05) is 6.54 Å². The lowest BCUT2D eigenvalue weighted by molar-refractivity contribution is 0.416. The summed E-state index contributed by atoms with van der Waals surface area (Å²) >= 11 is 0. The Kier molecular flexibility index (Phi) is 4.64. The molecule has 0 bridgehead atoms. The Bertz CT molecular complexity index is 564. The van der Waals surface area contributed by atoms with Crippen molar-refractivity contribution in [1.82, 2.24) is 0 Å². The Morgan fingerprint density at radius 1 is 1.05 bits per heavy atom. The van der Waals surface area contributed by atoms with Crippen LogP contribution >= 0.6 is 0 Å². The molecule has 20 heavy (non-hydrogen) atoms. The first-order valence-electron chi connectivity index (χ1n) is 6.82. The fourth-order valence-electron chi connectivity index (χ4n) is 2.20. The van der Waals surface area contributed by atoms with E-state index in [0.717, 1.165) is 11.4 Å². The molecule has 0 radical (unpaired) electrons. The molecule has 2 aromatic carbocycles. The quantitative estimate of drug-likeness (QED) is 0.875. The van der Waals surface area contributed by atoms with Crippen molar-refractivity contribution >= 4 is 5.69 Å². The fraction of sp³-hybridized carbons (Fsp3) is 0.294. The standard InChI is InChI=1S/C17H22N2O/c1-12-4-7-14(8-5-12)16(11-18)19-15-10-13(2)6-9-17(15)20-3/h4-10,16,19H,11,18H2,1-3H3. The Hall–Kier alpha value is -2.00. The molecule has 0 saturated heterocycles. The average Bonchev–Trinajstić information content (AvgIpc) is 2.46. The van der Waals surface area contributed by atoms with Crippen LogP contribution in [-0.2, 0) is 0 Å². The van der Waals surface area contributed by atoms with Crippen LogP contribution in [0.25, 0.3) is 0 Å². The van der Waals surface area contributed by atoms with E-state index in [1.165, 1.54) is 16.7 Å². The van der Waals surface area contributed by atoms with E-state index in [4.69, 9.17) is 10.5 Å². The number of methoxy groups -OCH3 is 1. The number of hydrogen-bond donors (Lipinski definition) is 2. The highest BCUT2D eigenvalue weighted by atomic mass is 16.5. The summed E-state index contributed by atoms with van der Waals surface area (Å²) in [6.07, 6.45) is 0. The summed E-state index contributed by atoms with van der Waals surface area (Å²) < 4.78 is 5.40. The van der Waals surface area contributed by atoms with Gasteiger partial charge in [-0.25, -0.2) is 0 Å². The van der Waals surface area contributed by atoms with Crippen molar-refractivity contribution in [3.8, 4) is 5.75 Å². The summed E-state index contributed by atoms with van der Waals surface area (Å²) in [7, 11) is 1.68. The van der Waals surface area contributed by atoms with Gasteiger partial charge in [0.1, 0.15) is 5.75 Å². The average molecular weight is 270 g/mol. The fourth-order valence-corrected chi connectivity index (χ4v) is 2.20. The molecule has 0 spiro atoms. The number of rotatable bonds is 5. The number of benzene rings is 2. The topological polar surface area (TPSA) is 47.3 Å². The number of ether oxygens (including phenoxy) is 1. The molecule has 3 heteroatoms. The third-order valence-corrected chi connectivity index (χ3v) is 3.40. The lowest BCUT2D eigenvalue weighted by atomic mass is 10.0. The van der Waals surface area contributed by atoms with Gasteiger partial charge >= 0.3 is 0 Å². The van der Waals surface area contributed by atoms with Crippen LogP contribution in [-0.4, -0.2) is 13.7 Å². The number of aryl methyl sites for hydroxylation is 2. The van der Waals surface area contributed by atoms with Crippen molar-refractivity contribution in [2.45, 2.75) is 19.9 Å². The normalized spacial score (nSPS) is 12.0. The van der Waals surface area contributed by atoms with Gasteiger partial charge in [-0.1, -0.05) is 35.9 Å². The van der Waals surface area contributed by atoms with Crippen molar-refractivity contribution in [2.75, 3.05) is 19.0 Å². The van der Waals surface area contributed by atoms with E-state index >= 15 is 0 Å². The van der Waals surface area contributed by atoms with Gasteiger partial charge < -0.3 is 15.8 Å². The first-order valence-corrected chi connectivity index (χ1v) is 6.82. The van der Waals surface area contributed by atoms with Gasteiger partial charge in [-0.15, -0.1) is 0 Å². The van der Waals surface area contributed by atoms with Gasteiger partial charge in [-0.05, 0) is 37.1 Å². The molecule has 1 atom stereocenters. The van der Waals surface area contributed by atoms with E-state index in [9.17, 15) is 0 Å². The van der Waals surface area contributed by atoms with Crippen molar-refractivity contribution < 1.29 is 4.74 Å². The second-order valence-corrected chi connectivity index (χ2v) is 5.05. The zero-order valence-electron chi connectivity index (χ0n) is 12.3. The first kappa shape index (κ1) is 14.4. The molecule has 1 unspecified atom stereocenters. The Morgan fingerprint density at radius 2 is 1.70 bits per heavy atom. The zero-order chi connectivity index (χ0) is 14.5. The molecule has 0 heterocycles. The van der Waals surface area contributed by atoms with Crippen LogP contribution in [0, 0.1) is 13.8 Å². The maximum Gasteiger partial charge on any atom is 0.141 e. The van der Waals surface area contributed by atoms with Crippen LogP contribution in [0.4, 0.5) is 5.69 Å². The highest BCUT2D eigenvalue weighted by Gasteiger charge is 2.12. The lowest BCUT2D eigenvalue weighted by Crippen LogP contribution is -2.21. The van der Waals surface area contributed by atoms with Crippen LogP contribution in [0.1, 0.15) is 22.7 Å². The molecule has 0 aliphatic rings. The summed E-state index contributed by atoms with van der Waals surface area (Å²) in [6, 6.07) is 14.6. The minimum absolute atomic E-state index is 0.0753. The maximum atomic E-state index is 5.92. The largest absolute Gasteiger partial charge is 0.495 e. The van der Waals surface area contributed by atoms with Crippen LogP contribution < -0.4 is 15.8 Å². The van der Waals surface area contributed by atoms with Crippen molar-refractivity contribution in [2.24, 2.45) is 5.73 Å². The monoisotopic (exact) mass is 270 g/mol. The van der Waals surface area contributed by atoms with E-state index in [2.05, 4.69) is 49.5 Å². The molecule has 0 aliphatic carbocycles. The lowest BCUT2D eigenvalue weighted by Gasteiger charge is -2.21. The number of nitrogens with one attached hydrogen (secondary N) is 1. The minimum atomic E-state index is 0.0753. The second-order valence-electron chi connectivity index (χ2n) is 5.05. The summed E-state index contributed by atoms with van der Waals surface area (Å²) in [4.78, 5) is 0. The van der Waals surface area contributed by atoms with E-state index < -0.39 is 0 Å². The third-order valence-electron chi connectivity index (χ3n) is 3.40. The molecular weight excluding hydrogens is 248 g/mol. The van der Waals surface area contributed by atoms with Gasteiger partial charge in [-0.2, -0.15) is 0 Å². The second kappa shape index (κ2) is 6.44. The predicted octanol–water partition coefficient (Wildman–Crippen LogP) is 3.42. The molecule has 3 N–H and O–H groups in total. The van der Waals surface area contributed by atoms with E-state index in [1.807, 2.05) is 12.1 Å². The zero-order valence-corrected chi connectivity index (χ0v) is 12.3. The highest BCUT2D eigenvalue weighted by Crippen LogP contribution is 2.29. The van der Waals surface area contributed by atoms with Crippen molar-refractivity contribution in [1.29, 1.82) is 0 Å². The predicted molar refractivity (Wildman–Crippen MR) is 84.3 cm³/mol. The molecule has 0 aromatic heterocycles. The van der Waals surface area contributed by atoms with Gasteiger partial charge in [-0.3, -0.25) is 0 Å². The number of anilines is 1. The first-order chi connectivity index (χ1) is 9.63.